The Balaban J connectivity index is 2.78. The first-order valence-electron chi connectivity index (χ1n) is 6.97. The van der Waals surface area contributed by atoms with E-state index < -0.39 is 5.41 Å². The van der Waals surface area contributed by atoms with E-state index in [-0.39, 0.29) is 17.8 Å². The fourth-order valence-electron chi connectivity index (χ4n) is 2.75. The van der Waals surface area contributed by atoms with Gasteiger partial charge in [0.05, 0.1) is 0 Å². The third kappa shape index (κ3) is 3.37. The second-order valence-corrected chi connectivity index (χ2v) is 5.35. The molecule has 0 spiro atoms. The molecule has 0 saturated carbocycles. The van der Waals surface area contributed by atoms with Crippen LogP contribution in [-0.2, 0) is 4.79 Å². The second-order valence-electron chi connectivity index (χ2n) is 5.35. The van der Waals surface area contributed by atoms with E-state index in [0.717, 1.165) is 25.9 Å². The number of piperidine rings is 1. The van der Waals surface area contributed by atoms with Crippen LogP contribution < -0.4 is 11.1 Å². The van der Waals surface area contributed by atoms with Crippen LogP contribution in [0.4, 0.5) is 0 Å². The number of amidine groups is 1. The van der Waals surface area contributed by atoms with Gasteiger partial charge in [0, 0.05) is 12.6 Å². The molecule has 1 rings (SSSR count). The van der Waals surface area contributed by atoms with E-state index in [1.165, 1.54) is 0 Å². The SMILES string of the molecule is CCC(CC)(C(=O)NC1CCCN(C)C1)C(N)=NO. The molecule has 0 radical (unpaired) electrons. The van der Waals surface area contributed by atoms with Gasteiger partial charge in [-0.05, 0) is 39.3 Å². The van der Waals surface area contributed by atoms with Gasteiger partial charge in [-0.3, -0.25) is 4.79 Å². The van der Waals surface area contributed by atoms with Crippen LogP contribution in [-0.4, -0.2) is 48.0 Å². The Morgan fingerprint density at radius 3 is 2.63 bits per heavy atom. The highest BCUT2D eigenvalue weighted by Gasteiger charge is 2.40. The second kappa shape index (κ2) is 6.75. The van der Waals surface area contributed by atoms with Gasteiger partial charge >= 0.3 is 0 Å². The zero-order valence-corrected chi connectivity index (χ0v) is 12.1. The summed E-state index contributed by atoms with van der Waals surface area (Å²) >= 11 is 0. The predicted molar refractivity (Wildman–Crippen MR) is 75.1 cm³/mol. The van der Waals surface area contributed by atoms with Gasteiger partial charge in [-0.1, -0.05) is 19.0 Å². The van der Waals surface area contributed by atoms with Crippen molar-refractivity contribution >= 4 is 11.7 Å². The fourth-order valence-corrected chi connectivity index (χ4v) is 2.75. The number of oxime groups is 1. The van der Waals surface area contributed by atoms with Gasteiger partial charge < -0.3 is 21.2 Å². The Bertz CT molecular complexity index is 340. The van der Waals surface area contributed by atoms with E-state index in [0.29, 0.717) is 12.8 Å². The number of hydrogen-bond donors (Lipinski definition) is 3. The fraction of sp³-hybridized carbons (Fsp3) is 0.846. The smallest absolute Gasteiger partial charge is 0.234 e. The van der Waals surface area contributed by atoms with Crippen LogP contribution in [0.15, 0.2) is 5.16 Å². The van der Waals surface area contributed by atoms with E-state index >= 15 is 0 Å². The maximum atomic E-state index is 12.5. The summed E-state index contributed by atoms with van der Waals surface area (Å²) in [5.74, 6) is -0.132. The molecule has 0 aromatic rings. The minimum atomic E-state index is -0.898. The number of likely N-dealkylation sites (N-methyl/N-ethyl adjacent to an activating group) is 1. The number of nitrogens with one attached hydrogen (secondary N) is 1. The van der Waals surface area contributed by atoms with Crippen molar-refractivity contribution in [1.82, 2.24) is 10.2 Å². The Hall–Kier alpha value is -1.30. The summed E-state index contributed by atoms with van der Waals surface area (Å²) in [4.78, 5) is 14.7. The molecule has 1 atom stereocenters. The lowest BCUT2D eigenvalue weighted by molar-refractivity contribution is -0.129. The molecular weight excluding hydrogens is 244 g/mol. The maximum Gasteiger partial charge on any atom is 0.234 e. The molecule has 0 aromatic heterocycles. The Kier molecular flexibility index (Phi) is 5.60. The molecule has 6 nitrogen and oxygen atoms in total. The van der Waals surface area contributed by atoms with Gasteiger partial charge in [-0.2, -0.15) is 0 Å². The highest BCUT2D eigenvalue weighted by Crippen LogP contribution is 2.27. The zero-order valence-electron chi connectivity index (χ0n) is 12.1. The number of likely N-dealkylation sites (tertiary alicyclic amines) is 1. The lowest BCUT2D eigenvalue weighted by Gasteiger charge is -2.34. The molecule has 6 heteroatoms. The van der Waals surface area contributed by atoms with Crippen molar-refractivity contribution in [1.29, 1.82) is 0 Å². The molecule has 1 heterocycles. The molecule has 1 aliphatic heterocycles. The van der Waals surface area contributed by atoms with Crippen LogP contribution in [0.3, 0.4) is 0 Å². The number of carbonyl (C=O) groups excluding carboxylic acids is 1. The van der Waals surface area contributed by atoms with Crippen molar-refractivity contribution < 1.29 is 10.0 Å². The Labute approximate surface area is 115 Å². The van der Waals surface area contributed by atoms with Gasteiger partial charge in [0.1, 0.15) is 5.41 Å². The van der Waals surface area contributed by atoms with Crippen molar-refractivity contribution in [2.75, 3.05) is 20.1 Å². The third-order valence-corrected chi connectivity index (χ3v) is 4.20. The van der Waals surface area contributed by atoms with Crippen LogP contribution in [0.5, 0.6) is 0 Å². The summed E-state index contributed by atoms with van der Waals surface area (Å²) in [6.07, 6.45) is 3.10. The van der Waals surface area contributed by atoms with Gasteiger partial charge in [0.15, 0.2) is 5.84 Å². The monoisotopic (exact) mass is 270 g/mol. The van der Waals surface area contributed by atoms with Crippen LogP contribution in [0.25, 0.3) is 0 Å². The third-order valence-electron chi connectivity index (χ3n) is 4.20. The molecule has 1 aliphatic rings. The summed E-state index contributed by atoms with van der Waals surface area (Å²) in [7, 11) is 2.05. The molecule has 0 aromatic carbocycles. The minimum Gasteiger partial charge on any atom is -0.409 e. The van der Waals surface area contributed by atoms with Crippen LogP contribution in [0, 0.1) is 5.41 Å². The van der Waals surface area contributed by atoms with Crippen molar-refractivity contribution in [3.8, 4) is 0 Å². The molecule has 1 fully saturated rings. The first-order chi connectivity index (χ1) is 9.00. The number of carbonyl (C=O) groups is 1. The summed E-state index contributed by atoms with van der Waals surface area (Å²) in [6.45, 7) is 5.69. The van der Waals surface area contributed by atoms with Crippen LogP contribution in [0.1, 0.15) is 39.5 Å². The number of amides is 1. The van der Waals surface area contributed by atoms with Crippen molar-refractivity contribution in [3.05, 3.63) is 0 Å². The average molecular weight is 270 g/mol. The standard InChI is InChI=1S/C13H26N4O2/c1-4-13(5-2,11(14)16-19)12(18)15-10-7-6-8-17(3)9-10/h10,19H,4-9H2,1-3H3,(H2,14,16)(H,15,18). The number of hydrogen-bond acceptors (Lipinski definition) is 4. The molecule has 1 amide bonds. The zero-order chi connectivity index (χ0) is 14.5. The van der Waals surface area contributed by atoms with E-state index in [2.05, 4.69) is 22.4 Å². The molecule has 0 bridgehead atoms. The van der Waals surface area contributed by atoms with Crippen LogP contribution in [0.2, 0.25) is 0 Å². The minimum absolute atomic E-state index is 0.000774. The first-order valence-corrected chi connectivity index (χ1v) is 6.97. The molecule has 0 aliphatic carbocycles. The van der Waals surface area contributed by atoms with Gasteiger partial charge in [0.2, 0.25) is 5.91 Å². The van der Waals surface area contributed by atoms with Crippen LogP contribution >= 0.6 is 0 Å². The Morgan fingerprint density at radius 2 is 2.16 bits per heavy atom. The lowest BCUT2D eigenvalue weighted by Crippen LogP contribution is -2.54. The van der Waals surface area contributed by atoms with E-state index in [1.54, 1.807) is 0 Å². The predicted octanol–water partition coefficient (Wildman–Crippen LogP) is 0.750. The molecule has 19 heavy (non-hydrogen) atoms. The maximum absolute atomic E-state index is 12.5. The average Bonchev–Trinajstić information content (AvgIpc) is 2.40. The number of nitrogens with two attached hydrogens (primary N) is 1. The van der Waals surface area contributed by atoms with Crippen molar-refractivity contribution in [2.24, 2.45) is 16.3 Å². The topological polar surface area (TPSA) is 91.0 Å². The molecule has 110 valence electrons. The molecule has 1 unspecified atom stereocenters. The molecule has 4 N–H and O–H groups in total. The summed E-state index contributed by atoms with van der Waals surface area (Å²) in [5.41, 5.74) is 4.84. The lowest BCUT2D eigenvalue weighted by atomic mass is 9.79. The van der Waals surface area contributed by atoms with Gasteiger partial charge in [-0.15, -0.1) is 0 Å². The first kappa shape index (κ1) is 15.8. The summed E-state index contributed by atoms with van der Waals surface area (Å²) in [5, 5.41) is 15.0. The van der Waals surface area contributed by atoms with Gasteiger partial charge in [-0.25, -0.2) is 0 Å². The van der Waals surface area contributed by atoms with Crippen molar-refractivity contribution in [3.63, 3.8) is 0 Å². The van der Waals surface area contributed by atoms with E-state index in [1.807, 2.05) is 13.8 Å². The largest absolute Gasteiger partial charge is 0.409 e. The van der Waals surface area contributed by atoms with E-state index in [9.17, 15) is 4.79 Å². The highest BCUT2D eigenvalue weighted by molar-refractivity contribution is 6.06. The molecule has 1 saturated heterocycles. The normalized spacial score (nSPS) is 22.3. The number of nitrogens with zero attached hydrogens (tertiary/aromatic N) is 2. The number of rotatable bonds is 5. The van der Waals surface area contributed by atoms with E-state index in [4.69, 9.17) is 10.9 Å². The summed E-state index contributed by atoms with van der Waals surface area (Å²) < 4.78 is 0. The molecular formula is C13H26N4O2. The van der Waals surface area contributed by atoms with Crippen molar-refractivity contribution in [2.45, 2.75) is 45.6 Å². The Morgan fingerprint density at radius 1 is 1.53 bits per heavy atom. The highest BCUT2D eigenvalue weighted by atomic mass is 16.4. The summed E-state index contributed by atoms with van der Waals surface area (Å²) in [6, 6.07) is 0.148. The quantitative estimate of drug-likeness (QED) is 0.297. The van der Waals surface area contributed by atoms with Gasteiger partial charge in [0.25, 0.3) is 0 Å².